The molecule has 0 aliphatic heterocycles. The van der Waals surface area contributed by atoms with Gasteiger partial charge in [-0.3, -0.25) is 9.67 Å². The first-order chi connectivity index (χ1) is 8.83. The molecule has 3 rings (SSSR count). The number of hydrogen-bond acceptors (Lipinski definition) is 3. The highest BCUT2D eigenvalue weighted by atomic mass is 15.2. The van der Waals surface area contributed by atoms with Crippen LogP contribution in [0.4, 0.5) is 5.69 Å². The lowest BCUT2D eigenvalue weighted by Gasteiger charge is -2.08. The number of nitrogens with zero attached hydrogens (tertiary/aromatic N) is 3. The van der Waals surface area contributed by atoms with Crippen molar-refractivity contribution in [3.8, 4) is 0 Å². The minimum Gasteiger partial charge on any atom is -0.380 e. The lowest BCUT2D eigenvalue weighted by atomic mass is 10.1. The number of pyridine rings is 1. The van der Waals surface area contributed by atoms with Gasteiger partial charge in [0.1, 0.15) is 0 Å². The molecular formula is C14H14N4. The Morgan fingerprint density at radius 1 is 1.22 bits per heavy atom. The SMILES string of the molecule is Cn1cc(CNc2cccc3cnccc23)cn1. The van der Waals surface area contributed by atoms with Crippen LogP contribution in [0.1, 0.15) is 5.56 Å². The Bertz CT molecular complexity index is 667. The zero-order valence-corrected chi connectivity index (χ0v) is 10.2. The maximum absolute atomic E-state index is 4.16. The largest absolute Gasteiger partial charge is 0.380 e. The summed E-state index contributed by atoms with van der Waals surface area (Å²) >= 11 is 0. The Morgan fingerprint density at radius 3 is 3.00 bits per heavy atom. The van der Waals surface area contributed by atoms with E-state index in [1.54, 1.807) is 0 Å². The summed E-state index contributed by atoms with van der Waals surface area (Å²) in [5, 5.41) is 9.93. The third kappa shape index (κ3) is 2.05. The van der Waals surface area contributed by atoms with E-state index in [0.717, 1.165) is 17.6 Å². The molecule has 1 aromatic carbocycles. The summed E-state index contributed by atoms with van der Waals surface area (Å²) in [6.45, 7) is 0.773. The third-order valence-corrected chi connectivity index (χ3v) is 2.92. The van der Waals surface area contributed by atoms with Gasteiger partial charge in [-0.1, -0.05) is 12.1 Å². The van der Waals surface area contributed by atoms with Gasteiger partial charge in [-0.25, -0.2) is 0 Å². The number of anilines is 1. The molecule has 18 heavy (non-hydrogen) atoms. The molecule has 2 heterocycles. The Hall–Kier alpha value is -2.36. The first-order valence-corrected chi connectivity index (χ1v) is 5.87. The quantitative estimate of drug-likeness (QED) is 0.762. The molecule has 0 fully saturated rings. The van der Waals surface area contributed by atoms with Crippen molar-refractivity contribution in [2.45, 2.75) is 6.54 Å². The molecule has 0 radical (unpaired) electrons. The number of rotatable bonds is 3. The molecular weight excluding hydrogens is 224 g/mol. The Labute approximate surface area is 105 Å². The minimum absolute atomic E-state index is 0.773. The summed E-state index contributed by atoms with van der Waals surface area (Å²) in [6, 6.07) is 8.22. The molecule has 2 aromatic heterocycles. The maximum atomic E-state index is 4.16. The van der Waals surface area contributed by atoms with Gasteiger partial charge in [0.2, 0.25) is 0 Å². The summed E-state index contributed by atoms with van der Waals surface area (Å²) < 4.78 is 1.81. The standard InChI is InChI=1S/C14H14N4/c1-18-10-11(8-17-18)7-16-14-4-2-3-12-9-15-6-5-13(12)14/h2-6,8-10,16H,7H2,1H3. The van der Waals surface area contributed by atoms with Gasteiger partial charge in [0, 0.05) is 54.2 Å². The van der Waals surface area contributed by atoms with Gasteiger partial charge < -0.3 is 5.32 Å². The predicted octanol–water partition coefficient (Wildman–Crippen LogP) is 2.58. The molecule has 0 saturated carbocycles. The van der Waals surface area contributed by atoms with E-state index in [9.17, 15) is 0 Å². The van der Waals surface area contributed by atoms with Crippen molar-refractivity contribution in [1.29, 1.82) is 0 Å². The van der Waals surface area contributed by atoms with Crippen molar-refractivity contribution < 1.29 is 0 Å². The van der Waals surface area contributed by atoms with E-state index in [0.29, 0.717) is 0 Å². The molecule has 90 valence electrons. The van der Waals surface area contributed by atoms with E-state index in [4.69, 9.17) is 0 Å². The van der Waals surface area contributed by atoms with Crippen LogP contribution in [0.3, 0.4) is 0 Å². The smallest absolute Gasteiger partial charge is 0.0539 e. The number of hydrogen-bond donors (Lipinski definition) is 1. The Kier molecular flexibility index (Phi) is 2.68. The van der Waals surface area contributed by atoms with Crippen molar-refractivity contribution in [3.63, 3.8) is 0 Å². The van der Waals surface area contributed by atoms with Crippen LogP contribution < -0.4 is 5.32 Å². The van der Waals surface area contributed by atoms with Crippen LogP contribution in [-0.2, 0) is 13.6 Å². The summed E-state index contributed by atoms with van der Waals surface area (Å²) in [5.41, 5.74) is 2.29. The van der Waals surface area contributed by atoms with Gasteiger partial charge in [-0.05, 0) is 12.1 Å². The number of aryl methyl sites for hydroxylation is 1. The fourth-order valence-electron chi connectivity index (χ4n) is 2.04. The van der Waals surface area contributed by atoms with Gasteiger partial charge in [0.25, 0.3) is 0 Å². The highest BCUT2D eigenvalue weighted by Crippen LogP contribution is 2.22. The molecule has 0 atom stereocenters. The van der Waals surface area contributed by atoms with Crippen LogP contribution in [0.5, 0.6) is 0 Å². The second kappa shape index (κ2) is 4.49. The average molecular weight is 238 g/mol. The summed E-state index contributed by atoms with van der Waals surface area (Å²) in [7, 11) is 1.92. The highest BCUT2D eigenvalue weighted by molar-refractivity contribution is 5.93. The maximum Gasteiger partial charge on any atom is 0.0539 e. The van der Waals surface area contributed by atoms with Crippen LogP contribution in [0.25, 0.3) is 10.8 Å². The molecule has 0 saturated heterocycles. The second-order valence-electron chi connectivity index (χ2n) is 4.28. The molecule has 0 spiro atoms. The molecule has 1 N–H and O–H groups in total. The van der Waals surface area contributed by atoms with E-state index in [2.05, 4.69) is 27.5 Å². The van der Waals surface area contributed by atoms with Gasteiger partial charge in [0.05, 0.1) is 6.20 Å². The van der Waals surface area contributed by atoms with E-state index >= 15 is 0 Å². The van der Waals surface area contributed by atoms with Gasteiger partial charge in [-0.2, -0.15) is 5.10 Å². The van der Waals surface area contributed by atoms with Crippen molar-refractivity contribution >= 4 is 16.5 Å². The first kappa shape index (κ1) is 10.8. The molecule has 0 aliphatic carbocycles. The Balaban J connectivity index is 1.86. The summed E-state index contributed by atoms with van der Waals surface area (Å²) in [4.78, 5) is 4.13. The van der Waals surface area contributed by atoms with E-state index in [-0.39, 0.29) is 0 Å². The molecule has 0 bridgehead atoms. The van der Waals surface area contributed by atoms with Crippen molar-refractivity contribution in [1.82, 2.24) is 14.8 Å². The van der Waals surface area contributed by atoms with Gasteiger partial charge in [-0.15, -0.1) is 0 Å². The van der Waals surface area contributed by atoms with Crippen molar-refractivity contribution in [3.05, 3.63) is 54.6 Å². The van der Waals surface area contributed by atoms with E-state index in [1.807, 2.05) is 48.6 Å². The van der Waals surface area contributed by atoms with Crippen LogP contribution >= 0.6 is 0 Å². The molecule has 4 heteroatoms. The fraction of sp³-hybridized carbons (Fsp3) is 0.143. The van der Waals surface area contributed by atoms with Crippen LogP contribution in [0.2, 0.25) is 0 Å². The molecule has 0 amide bonds. The molecule has 3 aromatic rings. The lowest BCUT2D eigenvalue weighted by Crippen LogP contribution is -1.99. The minimum atomic E-state index is 0.773. The molecule has 4 nitrogen and oxygen atoms in total. The fourth-order valence-corrected chi connectivity index (χ4v) is 2.04. The predicted molar refractivity (Wildman–Crippen MR) is 72.3 cm³/mol. The van der Waals surface area contributed by atoms with Crippen LogP contribution in [0, 0.1) is 0 Å². The second-order valence-corrected chi connectivity index (χ2v) is 4.28. The molecule has 0 aliphatic rings. The Morgan fingerprint density at radius 2 is 2.17 bits per heavy atom. The highest BCUT2D eigenvalue weighted by Gasteiger charge is 2.01. The number of aromatic nitrogens is 3. The van der Waals surface area contributed by atoms with E-state index < -0.39 is 0 Å². The number of fused-ring (bicyclic) bond motifs is 1. The lowest BCUT2D eigenvalue weighted by molar-refractivity contribution is 0.767. The zero-order chi connectivity index (χ0) is 12.4. The summed E-state index contributed by atoms with van der Waals surface area (Å²) in [5.74, 6) is 0. The van der Waals surface area contributed by atoms with Crippen molar-refractivity contribution in [2.24, 2.45) is 7.05 Å². The van der Waals surface area contributed by atoms with E-state index in [1.165, 1.54) is 10.9 Å². The number of nitrogens with one attached hydrogen (secondary N) is 1. The monoisotopic (exact) mass is 238 g/mol. The van der Waals surface area contributed by atoms with Gasteiger partial charge >= 0.3 is 0 Å². The van der Waals surface area contributed by atoms with Crippen LogP contribution in [0.15, 0.2) is 49.1 Å². The van der Waals surface area contributed by atoms with Gasteiger partial charge in [0.15, 0.2) is 0 Å². The van der Waals surface area contributed by atoms with Crippen LogP contribution in [-0.4, -0.2) is 14.8 Å². The molecule has 0 unspecified atom stereocenters. The number of benzene rings is 1. The topological polar surface area (TPSA) is 42.7 Å². The third-order valence-electron chi connectivity index (χ3n) is 2.92. The zero-order valence-electron chi connectivity index (χ0n) is 10.2. The first-order valence-electron chi connectivity index (χ1n) is 5.87. The average Bonchev–Trinajstić information content (AvgIpc) is 2.82. The summed E-state index contributed by atoms with van der Waals surface area (Å²) in [6.07, 6.45) is 7.58. The van der Waals surface area contributed by atoms with Crippen molar-refractivity contribution in [2.75, 3.05) is 5.32 Å². The normalized spacial score (nSPS) is 10.7.